The van der Waals surface area contributed by atoms with Gasteiger partial charge in [0.05, 0.1) is 0 Å². The van der Waals surface area contributed by atoms with E-state index >= 15 is 0 Å². The standard InChI is InChI=1S/C23H18ClNO3/c1-15-11-12-17(19-9-5-6-10-20(19)24)13-18(15)14-21(23(27)28)25-22(26)16-7-3-2-4-8-16/h2-14H,1H3,(H,25,26)(H,27,28)/b21-14+. The summed E-state index contributed by atoms with van der Waals surface area (Å²) in [6, 6.07) is 21.6. The summed E-state index contributed by atoms with van der Waals surface area (Å²) in [6.07, 6.45) is 1.46. The molecule has 0 spiro atoms. The van der Waals surface area contributed by atoms with Crippen molar-refractivity contribution in [3.05, 3.63) is 100 Å². The molecule has 0 bridgehead atoms. The van der Waals surface area contributed by atoms with Gasteiger partial charge in [-0.1, -0.05) is 60.1 Å². The summed E-state index contributed by atoms with van der Waals surface area (Å²) in [7, 11) is 0. The number of aliphatic carboxylic acids is 1. The van der Waals surface area contributed by atoms with Crippen LogP contribution in [0.15, 0.2) is 78.5 Å². The first-order valence-electron chi connectivity index (χ1n) is 8.62. The van der Waals surface area contributed by atoms with E-state index in [0.717, 1.165) is 16.7 Å². The molecule has 0 saturated carbocycles. The van der Waals surface area contributed by atoms with E-state index in [1.54, 1.807) is 36.4 Å². The summed E-state index contributed by atoms with van der Waals surface area (Å²) < 4.78 is 0. The van der Waals surface area contributed by atoms with Gasteiger partial charge in [0.15, 0.2) is 0 Å². The minimum absolute atomic E-state index is 0.201. The molecule has 0 saturated heterocycles. The monoisotopic (exact) mass is 391 g/mol. The molecule has 140 valence electrons. The van der Waals surface area contributed by atoms with Crippen molar-refractivity contribution in [1.29, 1.82) is 0 Å². The Balaban J connectivity index is 1.97. The Morgan fingerprint density at radius 1 is 0.964 bits per heavy atom. The summed E-state index contributed by atoms with van der Waals surface area (Å²) in [4.78, 5) is 24.0. The molecule has 0 aliphatic carbocycles. The Hall–Kier alpha value is -3.37. The van der Waals surface area contributed by atoms with E-state index in [4.69, 9.17) is 11.6 Å². The summed E-state index contributed by atoms with van der Waals surface area (Å²) in [6.45, 7) is 1.88. The van der Waals surface area contributed by atoms with E-state index in [9.17, 15) is 14.7 Å². The minimum atomic E-state index is -1.22. The van der Waals surface area contributed by atoms with Crippen molar-refractivity contribution in [2.24, 2.45) is 0 Å². The topological polar surface area (TPSA) is 66.4 Å². The van der Waals surface area contributed by atoms with Crippen LogP contribution < -0.4 is 5.32 Å². The predicted molar refractivity (Wildman–Crippen MR) is 111 cm³/mol. The number of carbonyl (C=O) groups is 2. The van der Waals surface area contributed by atoms with Gasteiger partial charge in [-0.25, -0.2) is 4.79 Å². The lowest BCUT2D eigenvalue weighted by molar-refractivity contribution is -0.132. The molecule has 1 amide bonds. The highest BCUT2D eigenvalue weighted by Crippen LogP contribution is 2.29. The number of carboxylic acids is 1. The first kappa shape index (κ1) is 19.4. The van der Waals surface area contributed by atoms with E-state index in [2.05, 4.69) is 5.32 Å². The average molecular weight is 392 g/mol. The summed E-state index contributed by atoms with van der Waals surface area (Å²) in [5, 5.41) is 12.6. The van der Waals surface area contributed by atoms with E-state index in [1.807, 2.05) is 43.3 Å². The number of halogens is 1. The van der Waals surface area contributed by atoms with E-state index < -0.39 is 11.9 Å². The molecule has 0 fully saturated rings. The Morgan fingerprint density at radius 2 is 1.64 bits per heavy atom. The fourth-order valence-electron chi connectivity index (χ4n) is 2.75. The highest BCUT2D eigenvalue weighted by Gasteiger charge is 2.14. The minimum Gasteiger partial charge on any atom is -0.477 e. The quantitative estimate of drug-likeness (QED) is 0.589. The fourth-order valence-corrected chi connectivity index (χ4v) is 2.99. The second kappa shape index (κ2) is 8.55. The number of carboxylic acid groups (broad SMARTS) is 1. The van der Waals surface area contributed by atoms with Gasteiger partial charge in [0.25, 0.3) is 5.91 Å². The molecule has 0 aliphatic rings. The molecule has 3 rings (SSSR count). The number of nitrogens with one attached hydrogen (secondary N) is 1. The van der Waals surface area contributed by atoms with Crippen molar-refractivity contribution < 1.29 is 14.7 Å². The van der Waals surface area contributed by atoms with Crippen LogP contribution in [0.4, 0.5) is 0 Å². The molecule has 3 aromatic carbocycles. The number of amides is 1. The van der Waals surface area contributed by atoms with Crippen LogP contribution in [0.2, 0.25) is 5.02 Å². The SMILES string of the molecule is Cc1ccc(-c2ccccc2Cl)cc1/C=C(/NC(=O)c1ccccc1)C(=O)O. The van der Waals surface area contributed by atoms with Gasteiger partial charge >= 0.3 is 5.97 Å². The van der Waals surface area contributed by atoms with Crippen LogP contribution in [0.25, 0.3) is 17.2 Å². The predicted octanol–water partition coefficient (Wildman–Crippen LogP) is 5.17. The zero-order chi connectivity index (χ0) is 20.1. The van der Waals surface area contributed by atoms with Crippen molar-refractivity contribution in [1.82, 2.24) is 5.32 Å². The first-order chi connectivity index (χ1) is 13.5. The third-order valence-corrected chi connectivity index (χ3v) is 4.61. The maximum atomic E-state index is 12.3. The van der Waals surface area contributed by atoms with Crippen molar-refractivity contribution >= 4 is 29.6 Å². The van der Waals surface area contributed by atoms with E-state index in [-0.39, 0.29) is 5.70 Å². The maximum absolute atomic E-state index is 12.3. The smallest absolute Gasteiger partial charge is 0.352 e. The third kappa shape index (κ3) is 4.48. The number of rotatable bonds is 5. The van der Waals surface area contributed by atoms with Crippen LogP contribution in [0.5, 0.6) is 0 Å². The summed E-state index contributed by atoms with van der Waals surface area (Å²) >= 11 is 6.28. The normalized spacial score (nSPS) is 11.1. The van der Waals surface area contributed by atoms with E-state index in [1.165, 1.54) is 6.08 Å². The Morgan fingerprint density at radius 3 is 2.32 bits per heavy atom. The molecule has 0 unspecified atom stereocenters. The summed E-state index contributed by atoms with van der Waals surface area (Å²) in [5.41, 5.74) is 3.46. The van der Waals surface area contributed by atoms with Crippen LogP contribution in [0.1, 0.15) is 21.5 Å². The first-order valence-corrected chi connectivity index (χ1v) is 9.00. The Labute approximate surface area is 168 Å². The van der Waals surface area contributed by atoms with Gasteiger partial charge in [-0.2, -0.15) is 0 Å². The maximum Gasteiger partial charge on any atom is 0.352 e. The number of aryl methyl sites for hydroxylation is 1. The molecule has 0 aromatic heterocycles. The van der Waals surface area contributed by atoms with Gasteiger partial charge in [0, 0.05) is 16.1 Å². The van der Waals surface area contributed by atoms with Crippen LogP contribution in [0.3, 0.4) is 0 Å². The molecular formula is C23H18ClNO3. The lowest BCUT2D eigenvalue weighted by Gasteiger charge is -2.10. The lowest BCUT2D eigenvalue weighted by Crippen LogP contribution is -2.27. The zero-order valence-corrected chi connectivity index (χ0v) is 15.9. The number of hydrogen-bond acceptors (Lipinski definition) is 2. The molecule has 0 aliphatic heterocycles. The molecule has 5 heteroatoms. The van der Waals surface area contributed by atoms with Crippen molar-refractivity contribution in [2.75, 3.05) is 0 Å². The van der Waals surface area contributed by atoms with Crippen molar-refractivity contribution in [3.8, 4) is 11.1 Å². The number of carbonyl (C=O) groups excluding carboxylic acids is 1. The summed E-state index contributed by atoms with van der Waals surface area (Å²) in [5.74, 6) is -1.69. The molecule has 28 heavy (non-hydrogen) atoms. The van der Waals surface area contributed by atoms with Gasteiger partial charge in [0.2, 0.25) is 0 Å². The zero-order valence-electron chi connectivity index (χ0n) is 15.1. The molecular weight excluding hydrogens is 374 g/mol. The van der Waals surface area contributed by atoms with Gasteiger partial charge in [-0.15, -0.1) is 0 Å². The lowest BCUT2D eigenvalue weighted by atomic mass is 9.99. The number of hydrogen-bond donors (Lipinski definition) is 2. The van der Waals surface area contributed by atoms with Gasteiger partial charge in [0.1, 0.15) is 5.70 Å². The molecule has 0 atom stereocenters. The molecule has 2 N–H and O–H groups in total. The highest BCUT2D eigenvalue weighted by molar-refractivity contribution is 6.33. The second-order valence-electron chi connectivity index (χ2n) is 6.23. The molecule has 4 nitrogen and oxygen atoms in total. The largest absolute Gasteiger partial charge is 0.477 e. The Kier molecular flexibility index (Phi) is 5.92. The third-order valence-electron chi connectivity index (χ3n) is 4.28. The van der Waals surface area contributed by atoms with Crippen molar-refractivity contribution in [3.63, 3.8) is 0 Å². The van der Waals surface area contributed by atoms with Crippen LogP contribution in [-0.4, -0.2) is 17.0 Å². The molecule has 0 heterocycles. The second-order valence-corrected chi connectivity index (χ2v) is 6.64. The van der Waals surface area contributed by atoms with Crippen LogP contribution >= 0.6 is 11.6 Å². The average Bonchev–Trinajstić information content (AvgIpc) is 2.70. The van der Waals surface area contributed by atoms with Gasteiger partial charge < -0.3 is 10.4 Å². The van der Waals surface area contributed by atoms with Gasteiger partial charge in [-0.05, 0) is 54.0 Å². The van der Waals surface area contributed by atoms with E-state index in [0.29, 0.717) is 16.1 Å². The number of benzene rings is 3. The molecule has 0 radical (unpaired) electrons. The van der Waals surface area contributed by atoms with Crippen LogP contribution in [-0.2, 0) is 4.79 Å². The fraction of sp³-hybridized carbons (Fsp3) is 0.0435. The highest BCUT2D eigenvalue weighted by atomic mass is 35.5. The van der Waals surface area contributed by atoms with Gasteiger partial charge in [-0.3, -0.25) is 4.79 Å². The Bertz CT molecular complexity index is 1060. The molecule has 3 aromatic rings. The van der Waals surface area contributed by atoms with Crippen molar-refractivity contribution in [2.45, 2.75) is 6.92 Å². The van der Waals surface area contributed by atoms with Crippen LogP contribution in [0, 0.1) is 6.92 Å².